The number of hydrogen-bond donors (Lipinski definition) is 0. The number of aliphatic imine (C=N–C) groups is 1. The van der Waals surface area contributed by atoms with E-state index in [4.69, 9.17) is 4.74 Å². The number of nitrogens with zero attached hydrogens (tertiary/aromatic N) is 1. The Morgan fingerprint density at radius 2 is 2.11 bits per heavy atom. The summed E-state index contributed by atoms with van der Waals surface area (Å²) in [5.41, 5.74) is 2.88. The van der Waals surface area contributed by atoms with Crippen LogP contribution >= 0.6 is 0 Å². The molecule has 2 heteroatoms. The van der Waals surface area contributed by atoms with E-state index in [2.05, 4.69) is 55.3 Å². The molecule has 19 heavy (non-hydrogen) atoms. The Morgan fingerprint density at radius 3 is 2.89 bits per heavy atom. The van der Waals surface area contributed by atoms with Crippen molar-refractivity contribution in [1.29, 1.82) is 0 Å². The molecular formula is C17H21NO. The van der Waals surface area contributed by atoms with Crippen LogP contribution < -0.4 is 0 Å². The summed E-state index contributed by atoms with van der Waals surface area (Å²) >= 11 is 0. The zero-order valence-electron chi connectivity index (χ0n) is 11.7. The highest BCUT2D eigenvalue weighted by Crippen LogP contribution is 2.32. The molecule has 2 nitrogen and oxygen atoms in total. The van der Waals surface area contributed by atoms with Crippen molar-refractivity contribution < 1.29 is 4.74 Å². The van der Waals surface area contributed by atoms with Crippen molar-refractivity contribution in [2.24, 2.45) is 16.8 Å². The highest BCUT2D eigenvalue weighted by molar-refractivity contribution is 5.78. The molecule has 0 fully saturated rings. The topological polar surface area (TPSA) is 21.6 Å². The minimum absolute atomic E-state index is 0.358. The summed E-state index contributed by atoms with van der Waals surface area (Å²) in [6, 6.07) is 0.358. The van der Waals surface area contributed by atoms with Gasteiger partial charge in [0.15, 0.2) is 5.90 Å². The molecule has 0 radical (unpaired) electrons. The number of allylic oxidation sites excluding steroid dienone is 8. The maximum absolute atomic E-state index is 5.69. The van der Waals surface area contributed by atoms with Gasteiger partial charge in [-0.05, 0) is 23.5 Å². The third kappa shape index (κ3) is 2.58. The maximum atomic E-state index is 5.69. The molecule has 3 aliphatic rings. The average molecular weight is 255 g/mol. The first kappa shape index (κ1) is 12.5. The van der Waals surface area contributed by atoms with Gasteiger partial charge in [0, 0.05) is 12.3 Å². The van der Waals surface area contributed by atoms with Crippen LogP contribution in [0.1, 0.15) is 26.7 Å². The largest absolute Gasteiger partial charge is 0.479 e. The Bertz CT molecular complexity index is 505. The Morgan fingerprint density at radius 1 is 1.21 bits per heavy atom. The van der Waals surface area contributed by atoms with Gasteiger partial charge in [0.05, 0.1) is 6.04 Å². The summed E-state index contributed by atoms with van der Waals surface area (Å²) in [5.74, 6) is 2.01. The average Bonchev–Trinajstić information content (AvgIpc) is 3.03. The van der Waals surface area contributed by atoms with E-state index in [0.29, 0.717) is 17.9 Å². The molecule has 0 aromatic heterocycles. The highest BCUT2D eigenvalue weighted by Gasteiger charge is 2.23. The molecule has 0 aromatic rings. The van der Waals surface area contributed by atoms with Gasteiger partial charge in [0.2, 0.25) is 0 Å². The van der Waals surface area contributed by atoms with Gasteiger partial charge >= 0.3 is 0 Å². The van der Waals surface area contributed by atoms with Gasteiger partial charge < -0.3 is 4.74 Å². The van der Waals surface area contributed by atoms with Crippen LogP contribution in [0.5, 0.6) is 0 Å². The summed E-state index contributed by atoms with van der Waals surface area (Å²) < 4.78 is 5.69. The molecule has 1 aliphatic heterocycles. The minimum Gasteiger partial charge on any atom is -0.479 e. The molecule has 0 bridgehead atoms. The van der Waals surface area contributed by atoms with E-state index >= 15 is 0 Å². The van der Waals surface area contributed by atoms with Gasteiger partial charge in [0.1, 0.15) is 6.61 Å². The van der Waals surface area contributed by atoms with Crippen molar-refractivity contribution in [3.8, 4) is 0 Å². The fraction of sp³-hybridized carbons (Fsp3) is 0.471. The van der Waals surface area contributed by atoms with Crippen LogP contribution in [0.15, 0.2) is 52.6 Å². The maximum Gasteiger partial charge on any atom is 0.183 e. The highest BCUT2D eigenvalue weighted by atomic mass is 16.5. The minimum atomic E-state index is 0.358. The first-order chi connectivity index (χ1) is 9.24. The number of rotatable bonds is 4. The number of ether oxygens (including phenoxy) is 1. The smallest absolute Gasteiger partial charge is 0.183 e. The molecule has 1 heterocycles. The SMILES string of the molecule is CC(C)[C@H]1COC(CCC2=C3C=CC=CC3C=C2)=N1. The molecule has 0 spiro atoms. The second-order valence-electron chi connectivity index (χ2n) is 5.75. The number of fused-ring (bicyclic) bond motifs is 1. The summed E-state index contributed by atoms with van der Waals surface area (Å²) in [5, 5.41) is 0. The first-order valence-corrected chi connectivity index (χ1v) is 7.19. The van der Waals surface area contributed by atoms with Gasteiger partial charge in [-0.3, -0.25) is 0 Å². The summed E-state index contributed by atoms with van der Waals surface area (Å²) in [6.07, 6.45) is 15.2. The molecule has 2 atom stereocenters. The molecule has 2 aliphatic carbocycles. The lowest BCUT2D eigenvalue weighted by Gasteiger charge is -2.11. The molecule has 1 unspecified atom stereocenters. The van der Waals surface area contributed by atoms with Crippen LogP contribution in [0.3, 0.4) is 0 Å². The van der Waals surface area contributed by atoms with Crippen LogP contribution in [0, 0.1) is 11.8 Å². The van der Waals surface area contributed by atoms with Gasteiger partial charge in [0.25, 0.3) is 0 Å². The fourth-order valence-corrected chi connectivity index (χ4v) is 2.75. The van der Waals surface area contributed by atoms with Crippen LogP contribution in [0.4, 0.5) is 0 Å². The van der Waals surface area contributed by atoms with Gasteiger partial charge in [-0.15, -0.1) is 0 Å². The normalized spacial score (nSPS) is 28.1. The van der Waals surface area contributed by atoms with Crippen molar-refractivity contribution in [3.63, 3.8) is 0 Å². The lowest BCUT2D eigenvalue weighted by Crippen LogP contribution is -2.13. The van der Waals surface area contributed by atoms with Crippen molar-refractivity contribution in [2.75, 3.05) is 6.61 Å². The second kappa shape index (κ2) is 5.20. The predicted octanol–water partition coefficient (Wildman–Crippen LogP) is 3.83. The lowest BCUT2D eigenvalue weighted by atomic mass is 9.94. The van der Waals surface area contributed by atoms with Crippen LogP contribution in [-0.2, 0) is 4.74 Å². The molecule has 100 valence electrons. The zero-order chi connectivity index (χ0) is 13.2. The predicted molar refractivity (Wildman–Crippen MR) is 79.2 cm³/mol. The Labute approximate surface area is 115 Å². The van der Waals surface area contributed by atoms with Crippen molar-refractivity contribution >= 4 is 5.90 Å². The fourth-order valence-electron chi connectivity index (χ4n) is 2.75. The Balaban J connectivity index is 1.62. The molecule has 0 N–H and O–H groups in total. The van der Waals surface area contributed by atoms with E-state index in [1.54, 1.807) is 0 Å². The van der Waals surface area contributed by atoms with E-state index in [0.717, 1.165) is 25.3 Å². The zero-order valence-corrected chi connectivity index (χ0v) is 11.7. The van der Waals surface area contributed by atoms with Crippen LogP contribution in [0.2, 0.25) is 0 Å². The second-order valence-corrected chi connectivity index (χ2v) is 5.75. The lowest BCUT2D eigenvalue weighted by molar-refractivity contribution is 0.286. The molecule has 0 amide bonds. The van der Waals surface area contributed by atoms with Crippen molar-refractivity contribution in [3.05, 3.63) is 47.6 Å². The molecule has 3 rings (SSSR count). The van der Waals surface area contributed by atoms with Crippen molar-refractivity contribution in [1.82, 2.24) is 0 Å². The Kier molecular flexibility index (Phi) is 3.41. The monoisotopic (exact) mass is 255 g/mol. The third-order valence-electron chi connectivity index (χ3n) is 4.05. The summed E-state index contributed by atoms with van der Waals surface area (Å²) in [4.78, 5) is 4.67. The van der Waals surface area contributed by atoms with E-state index in [1.165, 1.54) is 11.1 Å². The molecular weight excluding hydrogens is 234 g/mol. The first-order valence-electron chi connectivity index (χ1n) is 7.19. The van der Waals surface area contributed by atoms with E-state index in [1.807, 2.05) is 0 Å². The van der Waals surface area contributed by atoms with E-state index < -0.39 is 0 Å². The summed E-state index contributed by atoms with van der Waals surface area (Å²) in [6.45, 7) is 5.17. The van der Waals surface area contributed by atoms with Crippen molar-refractivity contribution in [2.45, 2.75) is 32.7 Å². The standard InChI is InChI=1S/C17H21NO/c1-12(2)16-11-19-17(18-16)10-9-14-8-7-13-5-3-4-6-15(13)14/h3-8,12-13,16H,9-11H2,1-2H3/t13?,16-/m1/s1. The van der Waals surface area contributed by atoms with Gasteiger partial charge in [-0.2, -0.15) is 0 Å². The van der Waals surface area contributed by atoms with Gasteiger partial charge in [-0.25, -0.2) is 4.99 Å². The quantitative estimate of drug-likeness (QED) is 0.748. The van der Waals surface area contributed by atoms with Crippen LogP contribution in [0.25, 0.3) is 0 Å². The molecule has 0 saturated heterocycles. The van der Waals surface area contributed by atoms with E-state index in [9.17, 15) is 0 Å². The number of hydrogen-bond acceptors (Lipinski definition) is 2. The summed E-state index contributed by atoms with van der Waals surface area (Å²) in [7, 11) is 0. The Hall–Kier alpha value is -1.57. The van der Waals surface area contributed by atoms with Crippen LogP contribution in [-0.4, -0.2) is 18.5 Å². The van der Waals surface area contributed by atoms with Gasteiger partial charge in [-0.1, -0.05) is 50.3 Å². The third-order valence-corrected chi connectivity index (χ3v) is 4.05. The van der Waals surface area contributed by atoms with E-state index in [-0.39, 0.29) is 0 Å². The molecule has 0 aromatic carbocycles. The molecule has 0 saturated carbocycles.